The second kappa shape index (κ2) is 9.43. The van der Waals surface area contributed by atoms with E-state index in [0.29, 0.717) is 6.42 Å². The fraction of sp³-hybridized carbons (Fsp3) is 0.500. The SMILES string of the molecule is O=C(CCCNS(=O)(=O)c1ccc(F)cc1)NNC(=O)CC1CCS(=O)(=O)C1. The Labute approximate surface area is 163 Å². The van der Waals surface area contributed by atoms with Gasteiger partial charge < -0.3 is 0 Å². The minimum atomic E-state index is -3.79. The lowest BCUT2D eigenvalue weighted by atomic mass is 10.1. The number of halogens is 1. The van der Waals surface area contributed by atoms with E-state index in [1.165, 1.54) is 0 Å². The van der Waals surface area contributed by atoms with Gasteiger partial charge in [-0.15, -0.1) is 0 Å². The lowest BCUT2D eigenvalue weighted by Gasteiger charge is -2.10. The first-order chi connectivity index (χ1) is 13.1. The Kier molecular flexibility index (Phi) is 7.49. The van der Waals surface area contributed by atoms with Crippen LogP contribution in [0.15, 0.2) is 29.2 Å². The van der Waals surface area contributed by atoms with Crippen LogP contribution in [0, 0.1) is 11.7 Å². The molecule has 28 heavy (non-hydrogen) atoms. The summed E-state index contributed by atoms with van der Waals surface area (Å²) in [4.78, 5) is 23.3. The van der Waals surface area contributed by atoms with Crippen molar-refractivity contribution in [2.24, 2.45) is 5.92 Å². The van der Waals surface area contributed by atoms with Gasteiger partial charge in [0.2, 0.25) is 21.8 Å². The molecule has 0 radical (unpaired) electrons. The van der Waals surface area contributed by atoms with E-state index in [1.54, 1.807) is 0 Å². The monoisotopic (exact) mass is 435 g/mol. The molecule has 1 atom stereocenters. The number of rotatable bonds is 8. The first-order valence-corrected chi connectivity index (χ1v) is 11.9. The molecule has 0 saturated carbocycles. The smallest absolute Gasteiger partial charge is 0.240 e. The van der Waals surface area contributed by atoms with Crippen LogP contribution < -0.4 is 15.6 Å². The Morgan fingerprint density at radius 2 is 1.75 bits per heavy atom. The number of carbonyl (C=O) groups excluding carboxylic acids is 2. The highest BCUT2D eigenvalue weighted by atomic mass is 32.2. The van der Waals surface area contributed by atoms with Gasteiger partial charge >= 0.3 is 0 Å². The molecular formula is C16H22FN3O6S2. The summed E-state index contributed by atoms with van der Waals surface area (Å²) < 4.78 is 61.8. The molecule has 2 rings (SSSR count). The Bertz CT molecular complexity index is 916. The molecule has 1 aromatic rings. The molecule has 3 N–H and O–H groups in total. The van der Waals surface area contributed by atoms with E-state index in [9.17, 15) is 30.8 Å². The zero-order valence-corrected chi connectivity index (χ0v) is 16.6. The number of hydrazine groups is 1. The quantitative estimate of drug-likeness (QED) is 0.384. The first-order valence-electron chi connectivity index (χ1n) is 8.61. The Morgan fingerprint density at radius 1 is 1.11 bits per heavy atom. The van der Waals surface area contributed by atoms with Gasteiger partial charge in [0.25, 0.3) is 0 Å². The van der Waals surface area contributed by atoms with Crippen LogP contribution in [0.2, 0.25) is 0 Å². The summed E-state index contributed by atoms with van der Waals surface area (Å²) in [5.74, 6) is -1.73. The van der Waals surface area contributed by atoms with Crippen LogP contribution in [0.3, 0.4) is 0 Å². The average molecular weight is 435 g/mol. The number of hydrogen-bond acceptors (Lipinski definition) is 6. The minimum Gasteiger partial charge on any atom is -0.273 e. The predicted molar refractivity (Wildman–Crippen MR) is 98.5 cm³/mol. The van der Waals surface area contributed by atoms with E-state index in [4.69, 9.17) is 0 Å². The van der Waals surface area contributed by atoms with E-state index >= 15 is 0 Å². The first kappa shape index (κ1) is 22.2. The summed E-state index contributed by atoms with van der Waals surface area (Å²) in [5.41, 5.74) is 4.42. The van der Waals surface area contributed by atoms with Crippen molar-refractivity contribution in [1.29, 1.82) is 0 Å². The van der Waals surface area contributed by atoms with Crippen molar-refractivity contribution in [2.45, 2.75) is 30.6 Å². The van der Waals surface area contributed by atoms with Crippen LogP contribution in [-0.2, 0) is 29.4 Å². The Hall–Kier alpha value is -2.05. The topological polar surface area (TPSA) is 139 Å². The number of amides is 2. The number of sulfonamides is 1. The molecule has 1 fully saturated rings. The molecule has 0 aliphatic carbocycles. The van der Waals surface area contributed by atoms with Crippen LogP contribution >= 0.6 is 0 Å². The molecule has 0 spiro atoms. The van der Waals surface area contributed by atoms with Crippen LogP contribution in [0.1, 0.15) is 25.7 Å². The summed E-state index contributed by atoms with van der Waals surface area (Å²) in [7, 11) is -6.85. The van der Waals surface area contributed by atoms with Crippen LogP contribution in [-0.4, -0.2) is 46.7 Å². The van der Waals surface area contributed by atoms with Crippen molar-refractivity contribution in [3.05, 3.63) is 30.1 Å². The largest absolute Gasteiger partial charge is 0.273 e. The summed E-state index contributed by atoms with van der Waals surface area (Å²) in [6.45, 7) is -0.0129. The number of nitrogens with one attached hydrogen (secondary N) is 3. The molecule has 0 bridgehead atoms. The third-order valence-corrected chi connectivity index (χ3v) is 7.45. The van der Waals surface area contributed by atoms with Crippen molar-refractivity contribution >= 4 is 31.7 Å². The van der Waals surface area contributed by atoms with E-state index < -0.39 is 37.5 Å². The maximum absolute atomic E-state index is 12.8. The van der Waals surface area contributed by atoms with Crippen molar-refractivity contribution in [1.82, 2.24) is 15.6 Å². The fourth-order valence-corrected chi connectivity index (χ4v) is 5.64. The van der Waals surface area contributed by atoms with Crippen LogP contribution in [0.4, 0.5) is 4.39 Å². The molecule has 0 aromatic heterocycles. The third-order valence-electron chi connectivity index (χ3n) is 4.14. The van der Waals surface area contributed by atoms with Crippen molar-refractivity contribution in [3.63, 3.8) is 0 Å². The highest BCUT2D eigenvalue weighted by molar-refractivity contribution is 7.91. The summed E-state index contributed by atoms with van der Waals surface area (Å²) in [5, 5.41) is 0. The van der Waals surface area contributed by atoms with E-state index in [0.717, 1.165) is 24.3 Å². The summed E-state index contributed by atoms with van der Waals surface area (Å²) in [6, 6.07) is 4.34. The minimum absolute atomic E-state index is 0.0109. The Morgan fingerprint density at radius 3 is 2.36 bits per heavy atom. The molecule has 1 heterocycles. The molecule has 1 aliphatic rings. The van der Waals surface area contributed by atoms with Gasteiger partial charge in [-0.2, -0.15) is 0 Å². The lowest BCUT2D eigenvalue weighted by Crippen LogP contribution is -2.42. The van der Waals surface area contributed by atoms with Gasteiger partial charge in [0.05, 0.1) is 16.4 Å². The summed E-state index contributed by atoms with van der Waals surface area (Å²) >= 11 is 0. The number of sulfone groups is 1. The van der Waals surface area contributed by atoms with Crippen molar-refractivity contribution < 1.29 is 30.8 Å². The molecule has 1 unspecified atom stereocenters. The predicted octanol–water partition coefficient (Wildman–Crippen LogP) is -0.144. The van der Waals surface area contributed by atoms with Gasteiger partial charge in [0, 0.05) is 19.4 Å². The number of benzene rings is 1. The normalized spacial score (nSPS) is 18.5. The van der Waals surface area contributed by atoms with Crippen LogP contribution in [0.25, 0.3) is 0 Å². The van der Waals surface area contributed by atoms with Crippen LogP contribution in [0.5, 0.6) is 0 Å². The molecule has 1 saturated heterocycles. The molecular weight excluding hydrogens is 413 g/mol. The molecule has 12 heteroatoms. The van der Waals surface area contributed by atoms with Gasteiger partial charge in [0.1, 0.15) is 5.82 Å². The van der Waals surface area contributed by atoms with Gasteiger partial charge in [-0.25, -0.2) is 25.9 Å². The second-order valence-corrected chi connectivity index (χ2v) is 10.5. The molecule has 9 nitrogen and oxygen atoms in total. The number of hydrogen-bond donors (Lipinski definition) is 3. The van der Waals surface area contributed by atoms with E-state index in [1.807, 2.05) is 0 Å². The Balaban J connectivity index is 1.63. The maximum Gasteiger partial charge on any atom is 0.240 e. The standard InChI is InChI=1S/C16H22FN3O6S2/c17-13-3-5-14(6-4-13)28(25,26)18-8-1-2-15(21)19-20-16(22)10-12-7-9-27(23,24)11-12/h3-6,12,18H,1-2,7-11H2,(H,19,21)(H,20,22). The van der Waals surface area contributed by atoms with E-state index in [-0.39, 0.29) is 48.1 Å². The van der Waals surface area contributed by atoms with E-state index in [2.05, 4.69) is 15.6 Å². The zero-order chi connectivity index (χ0) is 20.8. The molecule has 2 amide bonds. The summed E-state index contributed by atoms with van der Waals surface area (Å²) in [6.07, 6.45) is 0.585. The number of carbonyl (C=O) groups is 2. The average Bonchev–Trinajstić information content (AvgIpc) is 2.95. The maximum atomic E-state index is 12.8. The third kappa shape index (κ3) is 7.17. The molecule has 1 aliphatic heterocycles. The second-order valence-electron chi connectivity index (χ2n) is 6.52. The lowest BCUT2D eigenvalue weighted by molar-refractivity contribution is -0.129. The molecule has 1 aromatic carbocycles. The van der Waals surface area contributed by atoms with Crippen molar-refractivity contribution in [2.75, 3.05) is 18.1 Å². The van der Waals surface area contributed by atoms with Gasteiger partial charge in [-0.3, -0.25) is 20.4 Å². The highest BCUT2D eigenvalue weighted by Crippen LogP contribution is 2.21. The van der Waals surface area contributed by atoms with Gasteiger partial charge in [0.15, 0.2) is 9.84 Å². The zero-order valence-electron chi connectivity index (χ0n) is 15.0. The highest BCUT2D eigenvalue weighted by Gasteiger charge is 2.29. The van der Waals surface area contributed by atoms with Gasteiger partial charge in [-0.1, -0.05) is 0 Å². The fourth-order valence-electron chi connectivity index (χ4n) is 2.70. The molecule has 156 valence electrons. The van der Waals surface area contributed by atoms with Gasteiger partial charge in [-0.05, 0) is 43.0 Å². The van der Waals surface area contributed by atoms with Crippen molar-refractivity contribution in [3.8, 4) is 0 Å².